The molecule has 0 aliphatic carbocycles. The topological polar surface area (TPSA) is 49.3 Å². The molecule has 1 saturated heterocycles. The average Bonchev–Trinajstić information content (AvgIpc) is 2.66. The zero-order chi connectivity index (χ0) is 17.6. The molecule has 2 aromatic rings. The number of aryl methyl sites for hydroxylation is 1. The van der Waals surface area contributed by atoms with Crippen LogP contribution in [0.5, 0.6) is 0 Å². The predicted molar refractivity (Wildman–Crippen MR) is 99.7 cm³/mol. The van der Waals surface area contributed by atoms with Crippen molar-refractivity contribution >= 4 is 11.9 Å². The maximum absolute atomic E-state index is 12.8. The minimum absolute atomic E-state index is 0.0298. The van der Waals surface area contributed by atoms with Crippen LogP contribution in [0, 0.1) is 6.92 Å². The number of likely N-dealkylation sites (tertiary alicyclic amines) is 1. The van der Waals surface area contributed by atoms with E-state index in [1.54, 1.807) is 6.07 Å². The first-order valence-corrected chi connectivity index (χ1v) is 9.11. The number of rotatable bonds is 5. The van der Waals surface area contributed by atoms with Crippen LogP contribution in [-0.4, -0.2) is 40.4 Å². The standard InChI is InChI=1S/C20H26N4O/c1-3-23(15-17-10-6-4-7-11-17)20-21-16(2)14-18(22-20)19(25)24-12-8-5-9-13-24/h4,6-7,10-11,14H,3,5,8-9,12-13,15H2,1-2H3. The molecule has 0 radical (unpaired) electrons. The summed E-state index contributed by atoms with van der Waals surface area (Å²) in [6, 6.07) is 12.1. The smallest absolute Gasteiger partial charge is 0.272 e. The van der Waals surface area contributed by atoms with Crippen LogP contribution in [0.15, 0.2) is 36.4 Å². The van der Waals surface area contributed by atoms with E-state index in [2.05, 4.69) is 33.9 Å². The highest BCUT2D eigenvalue weighted by Crippen LogP contribution is 2.17. The van der Waals surface area contributed by atoms with Crippen molar-refractivity contribution in [3.63, 3.8) is 0 Å². The number of carbonyl (C=O) groups is 1. The lowest BCUT2D eigenvalue weighted by molar-refractivity contribution is 0.0718. The monoisotopic (exact) mass is 338 g/mol. The first-order chi connectivity index (χ1) is 12.2. The second-order valence-corrected chi connectivity index (χ2v) is 6.55. The molecule has 1 aliphatic rings. The van der Waals surface area contributed by atoms with Crippen LogP contribution < -0.4 is 4.90 Å². The Labute approximate surface area is 149 Å². The number of aromatic nitrogens is 2. The Balaban J connectivity index is 1.83. The van der Waals surface area contributed by atoms with Crippen molar-refractivity contribution < 1.29 is 4.79 Å². The Morgan fingerprint density at radius 2 is 1.84 bits per heavy atom. The van der Waals surface area contributed by atoms with Crippen LogP contribution in [0.3, 0.4) is 0 Å². The zero-order valence-electron chi connectivity index (χ0n) is 15.1. The number of hydrogen-bond acceptors (Lipinski definition) is 4. The summed E-state index contributed by atoms with van der Waals surface area (Å²) >= 11 is 0. The second-order valence-electron chi connectivity index (χ2n) is 6.55. The first kappa shape index (κ1) is 17.4. The third kappa shape index (κ3) is 4.35. The molecular weight excluding hydrogens is 312 g/mol. The highest BCUT2D eigenvalue weighted by Gasteiger charge is 2.21. The molecule has 1 aromatic heterocycles. The van der Waals surface area contributed by atoms with E-state index in [-0.39, 0.29) is 5.91 Å². The summed E-state index contributed by atoms with van der Waals surface area (Å²) in [5, 5.41) is 0. The van der Waals surface area contributed by atoms with Crippen LogP contribution >= 0.6 is 0 Å². The van der Waals surface area contributed by atoms with Crippen molar-refractivity contribution in [2.45, 2.75) is 39.7 Å². The Morgan fingerprint density at radius 3 is 2.52 bits per heavy atom. The molecule has 2 heterocycles. The summed E-state index contributed by atoms with van der Waals surface area (Å²) in [7, 11) is 0. The number of hydrogen-bond donors (Lipinski definition) is 0. The summed E-state index contributed by atoms with van der Waals surface area (Å²) in [4.78, 5) is 26.0. The van der Waals surface area contributed by atoms with Crippen molar-refractivity contribution in [2.75, 3.05) is 24.5 Å². The maximum Gasteiger partial charge on any atom is 0.272 e. The van der Waals surface area contributed by atoms with Gasteiger partial charge in [-0.05, 0) is 44.7 Å². The zero-order valence-corrected chi connectivity index (χ0v) is 15.1. The van der Waals surface area contributed by atoms with E-state index in [1.807, 2.05) is 30.0 Å². The van der Waals surface area contributed by atoms with Gasteiger partial charge < -0.3 is 9.80 Å². The van der Waals surface area contributed by atoms with Crippen LogP contribution in [0.1, 0.15) is 47.9 Å². The fraction of sp³-hybridized carbons (Fsp3) is 0.450. The van der Waals surface area contributed by atoms with Gasteiger partial charge in [-0.1, -0.05) is 30.3 Å². The SMILES string of the molecule is CCN(Cc1ccccc1)c1nc(C)cc(C(=O)N2CCCCC2)n1. The van der Waals surface area contributed by atoms with Gasteiger partial charge in [-0.25, -0.2) is 9.97 Å². The third-order valence-corrected chi connectivity index (χ3v) is 4.59. The van der Waals surface area contributed by atoms with Crippen molar-refractivity contribution in [1.82, 2.24) is 14.9 Å². The van der Waals surface area contributed by atoms with Gasteiger partial charge in [0.25, 0.3) is 5.91 Å². The number of anilines is 1. The van der Waals surface area contributed by atoms with Gasteiger partial charge in [0.2, 0.25) is 5.95 Å². The van der Waals surface area contributed by atoms with Crippen LogP contribution in [-0.2, 0) is 6.54 Å². The quantitative estimate of drug-likeness (QED) is 0.838. The Hall–Kier alpha value is -2.43. The van der Waals surface area contributed by atoms with E-state index in [1.165, 1.54) is 12.0 Å². The summed E-state index contributed by atoms with van der Waals surface area (Å²) in [6.07, 6.45) is 3.37. The molecule has 5 nitrogen and oxygen atoms in total. The molecular formula is C20H26N4O. The van der Waals surface area contributed by atoms with Gasteiger partial charge in [0, 0.05) is 31.9 Å². The first-order valence-electron chi connectivity index (χ1n) is 9.11. The van der Waals surface area contributed by atoms with Crippen LogP contribution in [0.2, 0.25) is 0 Å². The molecule has 0 N–H and O–H groups in total. The highest BCUT2D eigenvalue weighted by molar-refractivity contribution is 5.92. The Bertz CT molecular complexity index is 711. The molecule has 3 rings (SSSR count). The highest BCUT2D eigenvalue weighted by atomic mass is 16.2. The van der Waals surface area contributed by atoms with E-state index < -0.39 is 0 Å². The van der Waals surface area contributed by atoms with Gasteiger partial charge in [0.05, 0.1) is 0 Å². The van der Waals surface area contributed by atoms with Crippen molar-refractivity contribution in [3.8, 4) is 0 Å². The average molecular weight is 338 g/mol. The van der Waals surface area contributed by atoms with Gasteiger partial charge in [-0.15, -0.1) is 0 Å². The number of carbonyl (C=O) groups excluding carboxylic acids is 1. The molecule has 1 aliphatic heterocycles. The largest absolute Gasteiger partial charge is 0.337 e. The number of piperidine rings is 1. The molecule has 0 bridgehead atoms. The minimum atomic E-state index is 0.0298. The van der Waals surface area contributed by atoms with Crippen molar-refractivity contribution in [1.29, 1.82) is 0 Å². The van der Waals surface area contributed by atoms with E-state index >= 15 is 0 Å². The minimum Gasteiger partial charge on any atom is -0.337 e. The molecule has 1 aromatic carbocycles. The Morgan fingerprint density at radius 1 is 1.12 bits per heavy atom. The number of amides is 1. The van der Waals surface area contributed by atoms with Gasteiger partial charge in [0.1, 0.15) is 5.69 Å². The summed E-state index contributed by atoms with van der Waals surface area (Å²) < 4.78 is 0. The van der Waals surface area contributed by atoms with E-state index in [0.29, 0.717) is 11.6 Å². The molecule has 25 heavy (non-hydrogen) atoms. The van der Waals surface area contributed by atoms with E-state index in [0.717, 1.165) is 44.7 Å². The molecule has 0 saturated carbocycles. The van der Waals surface area contributed by atoms with Crippen molar-refractivity contribution in [3.05, 3.63) is 53.3 Å². The fourth-order valence-electron chi connectivity index (χ4n) is 3.19. The van der Waals surface area contributed by atoms with Gasteiger partial charge in [0.15, 0.2) is 0 Å². The molecule has 5 heteroatoms. The molecule has 1 fully saturated rings. The lowest BCUT2D eigenvalue weighted by Crippen LogP contribution is -2.36. The summed E-state index contributed by atoms with van der Waals surface area (Å²) in [6.45, 7) is 7.20. The van der Waals surface area contributed by atoms with Gasteiger partial charge in [-0.3, -0.25) is 4.79 Å². The number of benzene rings is 1. The predicted octanol–water partition coefficient (Wildman–Crippen LogP) is 3.44. The lowest BCUT2D eigenvalue weighted by atomic mass is 10.1. The molecule has 0 unspecified atom stereocenters. The molecule has 1 amide bonds. The van der Waals surface area contributed by atoms with Crippen LogP contribution in [0.25, 0.3) is 0 Å². The molecule has 0 spiro atoms. The normalized spacial score (nSPS) is 14.4. The maximum atomic E-state index is 12.8. The Kier molecular flexibility index (Phi) is 5.64. The third-order valence-electron chi connectivity index (χ3n) is 4.59. The van der Waals surface area contributed by atoms with Crippen LogP contribution in [0.4, 0.5) is 5.95 Å². The summed E-state index contributed by atoms with van der Waals surface area (Å²) in [5.74, 6) is 0.661. The lowest BCUT2D eigenvalue weighted by Gasteiger charge is -2.27. The second kappa shape index (κ2) is 8.10. The van der Waals surface area contributed by atoms with E-state index in [4.69, 9.17) is 0 Å². The van der Waals surface area contributed by atoms with E-state index in [9.17, 15) is 4.79 Å². The summed E-state index contributed by atoms with van der Waals surface area (Å²) in [5.41, 5.74) is 2.55. The number of nitrogens with zero attached hydrogens (tertiary/aromatic N) is 4. The molecule has 0 atom stereocenters. The van der Waals surface area contributed by atoms with Crippen molar-refractivity contribution in [2.24, 2.45) is 0 Å². The fourth-order valence-corrected chi connectivity index (χ4v) is 3.19. The molecule has 132 valence electrons. The van der Waals surface area contributed by atoms with Gasteiger partial charge in [-0.2, -0.15) is 0 Å². The van der Waals surface area contributed by atoms with Gasteiger partial charge >= 0.3 is 0 Å².